The summed E-state index contributed by atoms with van der Waals surface area (Å²) in [5.74, 6) is -1.37. The summed E-state index contributed by atoms with van der Waals surface area (Å²) in [4.78, 5) is 54.1. The molecular weight excluding hydrogens is 496 g/mol. The molecule has 0 spiro atoms. The molecule has 0 aliphatic carbocycles. The molecule has 1 rings (SSSR count). The predicted octanol–water partition coefficient (Wildman–Crippen LogP) is 4.83. The van der Waals surface area contributed by atoms with E-state index in [1.165, 1.54) is 0 Å². The summed E-state index contributed by atoms with van der Waals surface area (Å²) in [5.41, 5.74) is 6.58. The van der Waals surface area contributed by atoms with Crippen LogP contribution in [-0.2, 0) is 19.1 Å². The smallest absolute Gasteiger partial charge is 0.408 e. The minimum Gasteiger partial charge on any atom is -0.444 e. The topological polar surface area (TPSA) is 131 Å². The summed E-state index contributed by atoms with van der Waals surface area (Å²) in [6.45, 7) is 17.1. The molecular formula is C30H50N4O5. The van der Waals surface area contributed by atoms with Crippen LogP contribution in [0.3, 0.4) is 0 Å². The average Bonchev–Trinajstić information content (AvgIpc) is 2.77. The van der Waals surface area contributed by atoms with E-state index >= 15 is 0 Å². The van der Waals surface area contributed by atoms with Crippen molar-refractivity contribution in [3.63, 3.8) is 0 Å². The Bertz CT molecular complexity index is 974. The lowest BCUT2D eigenvalue weighted by atomic mass is 9.92. The van der Waals surface area contributed by atoms with Gasteiger partial charge in [-0.3, -0.25) is 14.4 Å². The van der Waals surface area contributed by atoms with Gasteiger partial charge in [-0.2, -0.15) is 0 Å². The highest BCUT2D eigenvalue weighted by molar-refractivity contribution is 5.93. The number of nitrogens with two attached hydrogens (primary N) is 1. The zero-order valence-electron chi connectivity index (χ0n) is 25.4. The number of primary amides is 1. The van der Waals surface area contributed by atoms with Crippen molar-refractivity contribution in [2.75, 3.05) is 6.54 Å². The number of nitrogens with zero attached hydrogens (tertiary/aromatic N) is 1. The molecule has 1 aromatic rings. The first kappa shape index (κ1) is 33.9. The maximum absolute atomic E-state index is 14.3. The fourth-order valence-corrected chi connectivity index (χ4v) is 4.39. The third-order valence-electron chi connectivity index (χ3n) is 6.08. The molecule has 0 aromatic heterocycles. The number of alkyl carbamates (subject to hydrolysis) is 1. The van der Waals surface area contributed by atoms with E-state index in [4.69, 9.17) is 10.5 Å². The number of aryl methyl sites for hydroxylation is 2. The lowest BCUT2D eigenvalue weighted by molar-refractivity contribution is -0.143. The van der Waals surface area contributed by atoms with Gasteiger partial charge in [-0.15, -0.1) is 0 Å². The summed E-state index contributed by atoms with van der Waals surface area (Å²) in [5, 5.41) is 5.69. The number of nitrogens with one attached hydrogen (secondary N) is 2. The van der Waals surface area contributed by atoms with E-state index in [1.54, 1.807) is 25.7 Å². The second kappa shape index (κ2) is 14.9. The molecule has 1 aromatic carbocycles. The predicted molar refractivity (Wildman–Crippen MR) is 154 cm³/mol. The monoisotopic (exact) mass is 546 g/mol. The molecule has 9 nitrogen and oxygen atoms in total. The molecule has 0 radical (unpaired) electrons. The zero-order chi connectivity index (χ0) is 30.0. The van der Waals surface area contributed by atoms with Crippen molar-refractivity contribution in [3.8, 4) is 0 Å². The normalized spacial score (nSPS) is 13.3. The number of carbonyl (C=O) groups is 4. The van der Waals surface area contributed by atoms with Crippen LogP contribution in [0.1, 0.15) is 110 Å². The van der Waals surface area contributed by atoms with Gasteiger partial charge in [-0.25, -0.2) is 4.79 Å². The Morgan fingerprint density at radius 2 is 1.56 bits per heavy atom. The van der Waals surface area contributed by atoms with Crippen molar-refractivity contribution in [3.05, 3.63) is 34.9 Å². The van der Waals surface area contributed by atoms with E-state index in [-0.39, 0.29) is 18.7 Å². The lowest BCUT2D eigenvalue weighted by Gasteiger charge is -2.37. The molecule has 220 valence electrons. The summed E-state index contributed by atoms with van der Waals surface area (Å²) >= 11 is 0. The largest absolute Gasteiger partial charge is 0.444 e. The van der Waals surface area contributed by atoms with Crippen molar-refractivity contribution < 1.29 is 23.9 Å². The first-order valence-corrected chi connectivity index (χ1v) is 13.9. The van der Waals surface area contributed by atoms with E-state index in [0.717, 1.165) is 36.0 Å². The Balaban J connectivity index is 3.64. The van der Waals surface area contributed by atoms with Gasteiger partial charge in [0.25, 0.3) is 0 Å². The molecule has 9 heteroatoms. The van der Waals surface area contributed by atoms with Crippen molar-refractivity contribution in [1.29, 1.82) is 0 Å². The number of rotatable bonds is 13. The van der Waals surface area contributed by atoms with Crippen LogP contribution < -0.4 is 16.4 Å². The van der Waals surface area contributed by atoms with Crippen molar-refractivity contribution >= 4 is 23.8 Å². The van der Waals surface area contributed by atoms with Crippen LogP contribution in [0.25, 0.3) is 0 Å². The van der Waals surface area contributed by atoms with Crippen molar-refractivity contribution in [2.45, 2.75) is 124 Å². The fourth-order valence-electron chi connectivity index (χ4n) is 4.39. The minimum absolute atomic E-state index is 0.0146. The maximum atomic E-state index is 14.3. The summed E-state index contributed by atoms with van der Waals surface area (Å²) < 4.78 is 5.40. The number of benzene rings is 1. The Hall–Kier alpha value is -3.10. The molecule has 4 amide bonds. The van der Waals surface area contributed by atoms with Gasteiger partial charge >= 0.3 is 6.09 Å². The van der Waals surface area contributed by atoms with Gasteiger partial charge in [0.05, 0.1) is 0 Å². The van der Waals surface area contributed by atoms with Crippen LogP contribution in [0.15, 0.2) is 18.2 Å². The number of hydrogen-bond donors (Lipinski definition) is 3. The number of unbranched alkanes of at least 4 members (excludes halogenated alkanes) is 3. The SMILES string of the molecule is CCCCCCN(C(=O)C(CCC(N)=O)NC(=O)OC(C)(C)C)C(C(=O)NC(C)(C)C)c1c(C)cccc1C. The second-order valence-electron chi connectivity index (χ2n) is 12.2. The number of ether oxygens (including phenoxy) is 1. The highest BCUT2D eigenvalue weighted by atomic mass is 16.6. The molecule has 2 unspecified atom stereocenters. The highest BCUT2D eigenvalue weighted by Gasteiger charge is 2.38. The maximum Gasteiger partial charge on any atom is 0.408 e. The van der Waals surface area contributed by atoms with E-state index in [0.29, 0.717) is 13.0 Å². The minimum atomic E-state index is -1.10. The van der Waals surface area contributed by atoms with Crippen LogP contribution >= 0.6 is 0 Å². The fraction of sp³-hybridized carbons (Fsp3) is 0.667. The molecule has 0 bridgehead atoms. The van der Waals surface area contributed by atoms with Crippen LogP contribution in [0.5, 0.6) is 0 Å². The third kappa shape index (κ3) is 12.1. The highest BCUT2D eigenvalue weighted by Crippen LogP contribution is 2.30. The Labute approximate surface area is 234 Å². The molecule has 0 heterocycles. The van der Waals surface area contributed by atoms with E-state index in [2.05, 4.69) is 17.6 Å². The molecule has 0 fully saturated rings. The third-order valence-corrected chi connectivity index (χ3v) is 6.08. The first-order valence-electron chi connectivity index (χ1n) is 13.9. The Morgan fingerprint density at radius 1 is 0.974 bits per heavy atom. The van der Waals surface area contributed by atoms with Gasteiger partial charge in [0.1, 0.15) is 17.7 Å². The van der Waals surface area contributed by atoms with Gasteiger partial charge in [0.2, 0.25) is 17.7 Å². The number of amides is 4. The van der Waals surface area contributed by atoms with Gasteiger partial charge in [-0.1, -0.05) is 44.4 Å². The van der Waals surface area contributed by atoms with Crippen molar-refractivity contribution in [1.82, 2.24) is 15.5 Å². The van der Waals surface area contributed by atoms with Crippen LogP contribution in [0, 0.1) is 13.8 Å². The number of carbonyl (C=O) groups excluding carboxylic acids is 4. The Morgan fingerprint density at radius 3 is 2.05 bits per heavy atom. The first-order chi connectivity index (χ1) is 18.0. The molecule has 2 atom stereocenters. The number of hydrogen-bond acceptors (Lipinski definition) is 5. The van der Waals surface area contributed by atoms with E-state index in [9.17, 15) is 19.2 Å². The van der Waals surface area contributed by atoms with Crippen LogP contribution in [0.4, 0.5) is 4.79 Å². The lowest BCUT2D eigenvalue weighted by Crippen LogP contribution is -2.55. The van der Waals surface area contributed by atoms with E-state index in [1.807, 2.05) is 52.8 Å². The molecule has 0 aliphatic heterocycles. The van der Waals surface area contributed by atoms with Crippen molar-refractivity contribution in [2.24, 2.45) is 5.73 Å². The van der Waals surface area contributed by atoms with Gasteiger partial charge in [-0.05, 0) is 84.9 Å². The van der Waals surface area contributed by atoms with Gasteiger partial charge < -0.3 is 26.0 Å². The average molecular weight is 547 g/mol. The standard InChI is InChI=1S/C30H50N4O5/c1-10-11-12-13-19-34(27(37)22(17-18-23(31)35)32-28(38)39-30(7,8)9)25(26(36)33-29(4,5)6)24-20(2)15-14-16-21(24)3/h14-16,22,25H,10-13,17-19H2,1-9H3,(H2,31,35)(H,32,38)(H,33,36). The molecule has 4 N–H and O–H groups in total. The second-order valence-corrected chi connectivity index (χ2v) is 12.2. The molecule has 0 saturated carbocycles. The summed E-state index contributed by atoms with van der Waals surface area (Å²) in [6, 6.07) is 3.72. The zero-order valence-corrected chi connectivity index (χ0v) is 25.4. The molecule has 0 aliphatic rings. The quantitative estimate of drug-likeness (QED) is 0.305. The molecule has 0 saturated heterocycles. The van der Waals surface area contributed by atoms with Crippen LogP contribution in [0.2, 0.25) is 0 Å². The Kier molecular flexibility index (Phi) is 13.0. The van der Waals surface area contributed by atoms with E-state index < -0.39 is 41.1 Å². The van der Waals surface area contributed by atoms with Gasteiger partial charge in [0.15, 0.2) is 0 Å². The summed E-state index contributed by atoms with van der Waals surface area (Å²) in [6.07, 6.45) is 2.66. The van der Waals surface area contributed by atoms with Crippen LogP contribution in [-0.4, -0.2) is 52.4 Å². The van der Waals surface area contributed by atoms with Gasteiger partial charge in [0, 0.05) is 18.5 Å². The molecule has 39 heavy (non-hydrogen) atoms. The summed E-state index contributed by atoms with van der Waals surface area (Å²) in [7, 11) is 0.